The molecule has 0 spiro atoms. The summed E-state index contributed by atoms with van der Waals surface area (Å²) >= 11 is 0. The van der Waals surface area contributed by atoms with Crippen LogP contribution in [0, 0.1) is 5.92 Å². The van der Waals surface area contributed by atoms with Crippen molar-refractivity contribution in [2.24, 2.45) is 5.92 Å². The zero-order valence-electron chi connectivity index (χ0n) is 13.0. The van der Waals surface area contributed by atoms with E-state index in [1.165, 1.54) is 31.2 Å². The van der Waals surface area contributed by atoms with E-state index in [0.717, 1.165) is 0 Å². The molecule has 1 rings (SSSR count). The topological polar surface area (TPSA) is 101 Å². The fourth-order valence-electron chi connectivity index (χ4n) is 1.70. The van der Waals surface area contributed by atoms with Crippen molar-refractivity contribution in [1.82, 2.24) is 5.32 Å². The summed E-state index contributed by atoms with van der Waals surface area (Å²) in [6.45, 7) is 6.29. The standard InChI is InChI=1S/C15H21NO5S/c1-9(2)22(20,21)13-7-5-12(6-8-13)14(17)16-11(4)10(3)15(18)19/h5-11H,1-4H3,(H,16,17)(H,18,19). The van der Waals surface area contributed by atoms with Crippen LogP contribution in [0.15, 0.2) is 29.2 Å². The molecule has 22 heavy (non-hydrogen) atoms. The Bertz CT molecular complexity index is 649. The Balaban J connectivity index is 2.88. The zero-order chi connectivity index (χ0) is 17.1. The van der Waals surface area contributed by atoms with Crippen LogP contribution in [0.3, 0.4) is 0 Å². The summed E-state index contributed by atoms with van der Waals surface area (Å²) in [6, 6.07) is 5.07. The monoisotopic (exact) mass is 327 g/mol. The largest absolute Gasteiger partial charge is 0.481 e. The Labute approximate surface area is 130 Å². The Morgan fingerprint density at radius 1 is 1.05 bits per heavy atom. The van der Waals surface area contributed by atoms with Gasteiger partial charge in [0.05, 0.1) is 16.1 Å². The highest BCUT2D eigenvalue weighted by Gasteiger charge is 2.22. The third-order valence-electron chi connectivity index (χ3n) is 3.56. The highest BCUT2D eigenvalue weighted by atomic mass is 32.2. The molecule has 0 saturated carbocycles. The number of aliphatic carboxylic acids is 1. The average Bonchev–Trinajstić information content (AvgIpc) is 2.46. The molecule has 2 unspecified atom stereocenters. The number of amides is 1. The first-order chi connectivity index (χ1) is 10.1. The number of carbonyl (C=O) groups is 2. The van der Waals surface area contributed by atoms with Crippen molar-refractivity contribution in [3.63, 3.8) is 0 Å². The molecule has 0 aromatic heterocycles. The van der Waals surface area contributed by atoms with Gasteiger partial charge < -0.3 is 10.4 Å². The van der Waals surface area contributed by atoms with Gasteiger partial charge in [-0.05, 0) is 52.0 Å². The Kier molecular flexibility index (Phi) is 5.71. The van der Waals surface area contributed by atoms with E-state index in [4.69, 9.17) is 5.11 Å². The van der Waals surface area contributed by atoms with E-state index in [1.807, 2.05) is 0 Å². The molecular weight excluding hydrogens is 306 g/mol. The van der Waals surface area contributed by atoms with Gasteiger partial charge in [-0.2, -0.15) is 0 Å². The van der Waals surface area contributed by atoms with Gasteiger partial charge in [-0.25, -0.2) is 8.42 Å². The summed E-state index contributed by atoms with van der Waals surface area (Å²) in [5.74, 6) is -2.15. The lowest BCUT2D eigenvalue weighted by Crippen LogP contribution is -2.40. The van der Waals surface area contributed by atoms with Crippen molar-refractivity contribution in [1.29, 1.82) is 0 Å². The van der Waals surface area contributed by atoms with Crippen molar-refractivity contribution in [2.75, 3.05) is 0 Å². The maximum Gasteiger partial charge on any atom is 0.308 e. The smallest absolute Gasteiger partial charge is 0.308 e. The molecule has 0 bridgehead atoms. The summed E-state index contributed by atoms with van der Waals surface area (Å²) in [7, 11) is -3.38. The molecule has 1 amide bonds. The van der Waals surface area contributed by atoms with E-state index in [9.17, 15) is 18.0 Å². The van der Waals surface area contributed by atoms with E-state index in [1.54, 1.807) is 20.8 Å². The van der Waals surface area contributed by atoms with Gasteiger partial charge in [0.2, 0.25) is 0 Å². The van der Waals surface area contributed by atoms with Gasteiger partial charge in [-0.15, -0.1) is 0 Å². The van der Waals surface area contributed by atoms with Gasteiger partial charge in [0.25, 0.3) is 5.91 Å². The van der Waals surface area contributed by atoms with Crippen LogP contribution in [0.1, 0.15) is 38.1 Å². The van der Waals surface area contributed by atoms with Crippen molar-refractivity contribution in [3.05, 3.63) is 29.8 Å². The van der Waals surface area contributed by atoms with Crippen molar-refractivity contribution in [3.8, 4) is 0 Å². The lowest BCUT2D eigenvalue weighted by Gasteiger charge is -2.17. The van der Waals surface area contributed by atoms with Crippen LogP contribution >= 0.6 is 0 Å². The molecule has 2 atom stereocenters. The predicted molar refractivity (Wildman–Crippen MR) is 82.5 cm³/mol. The normalized spacial score (nSPS) is 14.4. The molecule has 122 valence electrons. The van der Waals surface area contributed by atoms with Crippen LogP contribution in [0.25, 0.3) is 0 Å². The summed E-state index contributed by atoms with van der Waals surface area (Å²) in [5.41, 5.74) is 0.284. The number of hydrogen-bond donors (Lipinski definition) is 2. The fraction of sp³-hybridized carbons (Fsp3) is 0.467. The molecule has 0 aliphatic rings. The highest BCUT2D eigenvalue weighted by molar-refractivity contribution is 7.92. The SMILES string of the molecule is CC(NC(=O)c1ccc(S(=O)(=O)C(C)C)cc1)C(C)C(=O)O. The molecule has 0 radical (unpaired) electrons. The third kappa shape index (κ3) is 4.07. The van der Waals surface area contributed by atoms with Gasteiger partial charge >= 0.3 is 5.97 Å². The van der Waals surface area contributed by atoms with Gasteiger partial charge in [-0.3, -0.25) is 9.59 Å². The van der Waals surface area contributed by atoms with Crippen LogP contribution in [-0.2, 0) is 14.6 Å². The number of carboxylic acid groups (broad SMARTS) is 1. The molecule has 1 aromatic carbocycles. The highest BCUT2D eigenvalue weighted by Crippen LogP contribution is 2.16. The van der Waals surface area contributed by atoms with Gasteiger partial charge in [-0.1, -0.05) is 0 Å². The summed E-state index contributed by atoms with van der Waals surface area (Å²) in [4.78, 5) is 23.0. The molecule has 0 saturated heterocycles. The van der Waals surface area contributed by atoms with Gasteiger partial charge in [0.1, 0.15) is 0 Å². The lowest BCUT2D eigenvalue weighted by atomic mass is 10.0. The van der Waals surface area contributed by atoms with E-state index < -0.39 is 38.9 Å². The summed E-state index contributed by atoms with van der Waals surface area (Å²) < 4.78 is 24.0. The van der Waals surface area contributed by atoms with E-state index in [-0.39, 0.29) is 10.5 Å². The maximum atomic E-state index is 12.0. The van der Waals surface area contributed by atoms with Crippen LogP contribution in [-0.4, -0.2) is 36.7 Å². The molecule has 0 heterocycles. The van der Waals surface area contributed by atoms with Crippen LogP contribution in [0.5, 0.6) is 0 Å². The predicted octanol–water partition coefficient (Wildman–Crippen LogP) is 1.71. The minimum Gasteiger partial charge on any atom is -0.481 e. The molecule has 6 nitrogen and oxygen atoms in total. The zero-order valence-corrected chi connectivity index (χ0v) is 13.8. The summed E-state index contributed by atoms with van der Waals surface area (Å²) in [6.07, 6.45) is 0. The second-order valence-corrected chi connectivity index (χ2v) is 8.01. The molecule has 0 aliphatic carbocycles. The lowest BCUT2D eigenvalue weighted by molar-refractivity contribution is -0.141. The first-order valence-electron chi connectivity index (χ1n) is 6.95. The van der Waals surface area contributed by atoms with Gasteiger partial charge in [0, 0.05) is 11.6 Å². The molecule has 1 aromatic rings. The minimum absolute atomic E-state index is 0.158. The average molecular weight is 327 g/mol. The van der Waals surface area contributed by atoms with Crippen molar-refractivity contribution < 1.29 is 23.1 Å². The Morgan fingerprint density at radius 3 is 1.95 bits per heavy atom. The molecular formula is C15H21NO5S. The molecule has 0 aliphatic heterocycles. The molecule has 0 fully saturated rings. The Morgan fingerprint density at radius 2 is 1.55 bits per heavy atom. The number of hydrogen-bond acceptors (Lipinski definition) is 4. The second-order valence-electron chi connectivity index (χ2n) is 5.51. The van der Waals surface area contributed by atoms with Crippen molar-refractivity contribution >= 4 is 21.7 Å². The summed E-state index contributed by atoms with van der Waals surface area (Å²) in [5, 5.41) is 10.9. The number of nitrogens with one attached hydrogen (secondary N) is 1. The van der Waals surface area contributed by atoms with Gasteiger partial charge in [0.15, 0.2) is 9.84 Å². The van der Waals surface area contributed by atoms with Crippen LogP contribution < -0.4 is 5.32 Å². The maximum absolute atomic E-state index is 12.0. The number of benzene rings is 1. The minimum atomic E-state index is -3.38. The molecule has 2 N–H and O–H groups in total. The van der Waals surface area contributed by atoms with Crippen molar-refractivity contribution in [2.45, 2.75) is 43.9 Å². The number of sulfone groups is 1. The number of rotatable bonds is 6. The number of carbonyl (C=O) groups excluding carboxylic acids is 1. The Hall–Kier alpha value is -1.89. The van der Waals surface area contributed by atoms with E-state index >= 15 is 0 Å². The second kappa shape index (κ2) is 6.91. The first kappa shape index (κ1) is 18.2. The fourth-order valence-corrected chi connectivity index (χ4v) is 2.76. The van der Waals surface area contributed by atoms with E-state index in [0.29, 0.717) is 0 Å². The molecule has 7 heteroatoms. The van der Waals surface area contributed by atoms with Crippen LogP contribution in [0.2, 0.25) is 0 Å². The van der Waals surface area contributed by atoms with Crippen LogP contribution in [0.4, 0.5) is 0 Å². The quantitative estimate of drug-likeness (QED) is 0.828. The first-order valence-corrected chi connectivity index (χ1v) is 8.49. The number of carboxylic acids is 1. The van der Waals surface area contributed by atoms with E-state index in [2.05, 4.69) is 5.32 Å². The third-order valence-corrected chi connectivity index (χ3v) is 5.73.